The number of hydrogen-bond donors (Lipinski definition) is 0. The summed E-state index contributed by atoms with van der Waals surface area (Å²) < 4.78 is 15.7. The van der Waals surface area contributed by atoms with Crippen LogP contribution in [0.5, 0.6) is 11.5 Å². The Balaban J connectivity index is 1.31. The second-order valence-electron chi connectivity index (χ2n) is 7.34. The van der Waals surface area contributed by atoms with Crippen molar-refractivity contribution in [2.45, 2.75) is 23.8 Å². The van der Waals surface area contributed by atoms with Gasteiger partial charge in [-0.2, -0.15) is 5.10 Å². The van der Waals surface area contributed by atoms with Gasteiger partial charge in [-0.3, -0.25) is 9.59 Å². The zero-order chi connectivity index (χ0) is 23.7. The molecule has 0 spiro atoms. The third kappa shape index (κ3) is 4.17. The lowest BCUT2D eigenvalue weighted by Crippen LogP contribution is -2.31. The molecule has 1 atom stereocenters. The molecule has 0 saturated carbocycles. The lowest BCUT2D eigenvalue weighted by molar-refractivity contribution is -0.121. The molecule has 2 aliphatic rings. The summed E-state index contributed by atoms with van der Waals surface area (Å²) in [5.41, 5.74) is 2.05. The second-order valence-corrected chi connectivity index (χ2v) is 8.51. The number of carbonyl (C=O) groups excluding carboxylic acids is 3. The first-order valence-electron chi connectivity index (χ1n) is 10.4. The van der Waals surface area contributed by atoms with E-state index >= 15 is 0 Å². The molecule has 2 aliphatic heterocycles. The van der Waals surface area contributed by atoms with Crippen molar-refractivity contribution in [1.29, 1.82) is 0 Å². The molecule has 11 heteroatoms. The molecule has 2 aromatic carbocycles. The van der Waals surface area contributed by atoms with Crippen molar-refractivity contribution >= 4 is 35.2 Å². The van der Waals surface area contributed by atoms with Gasteiger partial charge in [0.2, 0.25) is 23.8 Å². The van der Waals surface area contributed by atoms with E-state index in [1.807, 2.05) is 6.07 Å². The van der Waals surface area contributed by atoms with Crippen molar-refractivity contribution in [2.75, 3.05) is 18.3 Å². The molecule has 172 valence electrons. The Morgan fingerprint density at radius 1 is 1.15 bits per heavy atom. The molecule has 3 aromatic rings. The van der Waals surface area contributed by atoms with E-state index in [0.29, 0.717) is 28.4 Å². The molecule has 0 radical (unpaired) electrons. The van der Waals surface area contributed by atoms with E-state index < -0.39 is 11.2 Å². The number of rotatable bonds is 6. The van der Waals surface area contributed by atoms with E-state index in [1.165, 1.54) is 18.3 Å². The molecular formula is C23H18N4O6S. The maximum absolute atomic E-state index is 13.0. The number of nitrogens with zero attached hydrogens (tertiary/aromatic N) is 4. The molecule has 10 nitrogen and oxygen atoms in total. The number of amides is 2. The van der Waals surface area contributed by atoms with Gasteiger partial charge in [-0.15, -0.1) is 5.10 Å². The smallest absolute Gasteiger partial charge is 0.338 e. The highest BCUT2D eigenvalue weighted by molar-refractivity contribution is 8.00. The zero-order valence-corrected chi connectivity index (χ0v) is 18.8. The van der Waals surface area contributed by atoms with Crippen LogP contribution in [0.2, 0.25) is 0 Å². The summed E-state index contributed by atoms with van der Waals surface area (Å²) in [7, 11) is 0. The molecule has 1 aromatic heterocycles. The van der Waals surface area contributed by atoms with E-state index in [2.05, 4.69) is 15.2 Å². The number of ether oxygens (including phenoxy) is 3. The normalized spacial score (nSPS) is 16.7. The third-order valence-corrected chi connectivity index (χ3v) is 6.23. The number of thioether (sulfide) groups is 1. The topological polar surface area (TPSA) is 121 Å². The van der Waals surface area contributed by atoms with Crippen LogP contribution in [0.3, 0.4) is 0 Å². The standard InChI is InChI=1S/C23H18N4O6S/c1-2-31-22(30)13-3-6-15(7-4-13)27-20(28)10-19(21(27)29)34-23-25-16(11-24-26-23)14-5-8-17-18(9-14)33-12-32-17/h3-9,11,19H,2,10,12H2,1H3. The lowest BCUT2D eigenvalue weighted by Gasteiger charge is -2.15. The van der Waals surface area contributed by atoms with Crippen LogP contribution in [0.4, 0.5) is 5.69 Å². The van der Waals surface area contributed by atoms with Crippen LogP contribution in [0.1, 0.15) is 23.7 Å². The first kappa shape index (κ1) is 21.8. The minimum absolute atomic E-state index is 0.000734. The molecular weight excluding hydrogens is 460 g/mol. The van der Waals surface area contributed by atoms with Crippen molar-refractivity contribution in [1.82, 2.24) is 15.2 Å². The molecule has 2 amide bonds. The highest BCUT2D eigenvalue weighted by atomic mass is 32.2. The van der Waals surface area contributed by atoms with E-state index in [-0.39, 0.29) is 36.8 Å². The van der Waals surface area contributed by atoms with Crippen molar-refractivity contribution in [3.63, 3.8) is 0 Å². The summed E-state index contributed by atoms with van der Waals surface area (Å²) >= 11 is 1.08. The van der Waals surface area contributed by atoms with Crippen LogP contribution >= 0.6 is 11.8 Å². The van der Waals surface area contributed by atoms with Gasteiger partial charge in [-0.1, -0.05) is 11.8 Å². The molecule has 1 saturated heterocycles. The molecule has 5 rings (SSSR count). The van der Waals surface area contributed by atoms with Gasteiger partial charge in [0.1, 0.15) is 5.25 Å². The monoisotopic (exact) mass is 478 g/mol. The van der Waals surface area contributed by atoms with Gasteiger partial charge in [-0.05, 0) is 49.4 Å². The molecule has 0 N–H and O–H groups in total. The van der Waals surface area contributed by atoms with Crippen LogP contribution in [-0.4, -0.2) is 51.6 Å². The predicted octanol–water partition coefficient (Wildman–Crippen LogP) is 2.87. The highest BCUT2D eigenvalue weighted by Crippen LogP contribution is 2.36. The second kappa shape index (κ2) is 9.10. The first-order valence-corrected chi connectivity index (χ1v) is 11.3. The Morgan fingerprint density at radius 2 is 1.94 bits per heavy atom. The minimum atomic E-state index is -0.689. The van der Waals surface area contributed by atoms with Crippen molar-refractivity contribution in [2.24, 2.45) is 0 Å². The summed E-state index contributed by atoms with van der Waals surface area (Å²) in [4.78, 5) is 43.1. The maximum atomic E-state index is 13.0. The van der Waals surface area contributed by atoms with Gasteiger partial charge in [-0.25, -0.2) is 14.7 Å². The number of imide groups is 1. The summed E-state index contributed by atoms with van der Waals surface area (Å²) in [5, 5.41) is 7.61. The number of hydrogen-bond acceptors (Lipinski definition) is 10. The van der Waals surface area contributed by atoms with Crippen molar-refractivity contribution in [3.8, 4) is 22.8 Å². The van der Waals surface area contributed by atoms with Crippen molar-refractivity contribution < 1.29 is 28.6 Å². The fraction of sp³-hybridized carbons (Fsp3) is 0.217. The Hall–Kier alpha value is -3.99. The van der Waals surface area contributed by atoms with Crippen LogP contribution in [0.15, 0.2) is 53.8 Å². The number of esters is 1. The van der Waals surface area contributed by atoms with Gasteiger partial charge < -0.3 is 14.2 Å². The first-order chi connectivity index (χ1) is 16.5. The molecule has 1 fully saturated rings. The fourth-order valence-electron chi connectivity index (χ4n) is 3.59. The van der Waals surface area contributed by atoms with Crippen LogP contribution in [0.25, 0.3) is 11.3 Å². The number of benzene rings is 2. The maximum Gasteiger partial charge on any atom is 0.338 e. The summed E-state index contributed by atoms with van der Waals surface area (Å²) in [6, 6.07) is 11.6. The van der Waals surface area contributed by atoms with Gasteiger partial charge >= 0.3 is 5.97 Å². The molecule has 3 heterocycles. The highest BCUT2D eigenvalue weighted by Gasteiger charge is 2.40. The van der Waals surface area contributed by atoms with E-state index in [0.717, 1.165) is 22.2 Å². The number of carbonyl (C=O) groups is 3. The van der Waals surface area contributed by atoms with Crippen LogP contribution < -0.4 is 14.4 Å². The number of anilines is 1. The lowest BCUT2D eigenvalue weighted by atomic mass is 10.1. The average molecular weight is 478 g/mol. The molecule has 1 unspecified atom stereocenters. The quantitative estimate of drug-likeness (QED) is 0.386. The Bertz CT molecular complexity index is 1280. The van der Waals surface area contributed by atoms with E-state index in [1.54, 1.807) is 31.2 Å². The third-order valence-electron chi connectivity index (χ3n) is 5.20. The largest absolute Gasteiger partial charge is 0.462 e. The number of fused-ring (bicyclic) bond motifs is 1. The summed E-state index contributed by atoms with van der Waals surface area (Å²) in [6.07, 6.45) is 1.52. The zero-order valence-electron chi connectivity index (χ0n) is 18.0. The minimum Gasteiger partial charge on any atom is -0.462 e. The summed E-state index contributed by atoms with van der Waals surface area (Å²) in [6.45, 7) is 2.15. The van der Waals surface area contributed by atoms with Gasteiger partial charge in [0.25, 0.3) is 0 Å². The van der Waals surface area contributed by atoms with Gasteiger partial charge in [0, 0.05) is 12.0 Å². The van der Waals surface area contributed by atoms with Crippen LogP contribution in [0, 0.1) is 0 Å². The van der Waals surface area contributed by atoms with Crippen LogP contribution in [-0.2, 0) is 14.3 Å². The van der Waals surface area contributed by atoms with Gasteiger partial charge in [0.15, 0.2) is 11.5 Å². The Kier molecular flexibility index (Phi) is 5.84. The fourth-order valence-corrected chi connectivity index (χ4v) is 4.52. The number of aromatic nitrogens is 3. The molecule has 0 aliphatic carbocycles. The van der Waals surface area contributed by atoms with Gasteiger partial charge in [0.05, 0.1) is 29.7 Å². The van der Waals surface area contributed by atoms with Crippen molar-refractivity contribution in [3.05, 3.63) is 54.2 Å². The SMILES string of the molecule is CCOC(=O)c1ccc(N2C(=O)CC(Sc3nncc(-c4ccc5c(c4)OCO5)n3)C2=O)cc1. The van der Waals surface area contributed by atoms with E-state index in [9.17, 15) is 14.4 Å². The Labute approximate surface area is 198 Å². The molecule has 34 heavy (non-hydrogen) atoms. The predicted molar refractivity (Wildman–Crippen MR) is 121 cm³/mol. The van der Waals surface area contributed by atoms with E-state index in [4.69, 9.17) is 14.2 Å². The average Bonchev–Trinajstić information content (AvgIpc) is 3.43. The summed E-state index contributed by atoms with van der Waals surface area (Å²) in [5.74, 6) is 0.0908. The Morgan fingerprint density at radius 3 is 2.74 bits per heavy atom. The molecule has 0 bridgehead atoms.